The molecule has 0 atom stereocenters. The third-order valence-corrected chi connectivity index (χ3v) is 7.00. The molecule has 0 saturated heterocycles. The fraction of sp³-hybridized carbons (Fsp3) is 0.172. The van der Waals surface area contributed by atoms with Crippen molar-refractivity contribution in [3.63, 3.8) is 0 Å². The van der Waals surface area contributed by atoms with Crippen LogP contribution in [0, 0.1) is 0 Å². The second-order valence-corrected chi connectivity index (χ2v) is 10.9. The average molecular weight is 594 g/mol. The first-order chi connectivity index (χ1) is 16.7. The van der Waals surface area contributed by atoms with E-state index in [9.17, 15) is 4.79 Å². The second-order valence-electron chi connectivity index (χ2n) is 9.22. The van der Waals surface area contributed by atoms with E-state index >= 15 is 0 Å². The number of aromatic nitrogens is 2. The van der Waals surface area contributed by atoms with E-state index in [1.807, 2.05) is 47.2 Å². The Balaban J connectivity index is 1.67. The number of benzene rings is 3. The lowest BCUT2D eigenvalue weighted by molar-refractivity contribution is 0.0692. The van der Waals surface area contributed by atoms with E-state index in [1.165, 1.54) is 11.1 Å². The molecule has 4 aromatic rings. The first-order valence-electron chi connectivity index (χ1n) is 11.3. The molecule has 0 unspecified atom stereocenters. The summed E-state index contributed by atoms with van der Waals surface area (Å²) in [7, 11) is 0. The summed E-state index contributed by atoms with van der Waals surface area (Å²) in [4.78, 5) is 17.6. The quantitative estimate of drug-likeness (QED) is 0.167. The van der Waals surface area contributed by atoms with Crippen LogP contribution in [-0.2, 0) is 16.7 Å². The number of halogens is 2. The summed E-state index contributed by atoms with van der Waals surface area (Å²) in [6.45, 7) is 7.27. The van der Waals surface area contributed by atoms with Gasteiger partial charge in [0, 0.05) is 39.5 Å². The summed E-state index contributed by atoms with van der Waals surface area (Å²) in [5.41, 5.74) is 3.78. The molecule has 35 heavy (non-hydrogen) atoms. The maximum absolute atomic E-state index is 13.0. The molecule has 3 aromatic carbocycles. The van der Waals surface area contributed by atoms with Gasteiger partial charge in [0.15, 0.2) is 0 Å². The van der Waals surface area contributed by atoms with Gasteiger partial charge >= 0.3 is 5.97 Å². The lowest BCUT2D eigenvalue weighted by Crippen LogP contribution is -2.11. The molecule has 1 aromatic heterocycles. The number of hydrogen-bond donors (Lipinski definition) is 0. The monoisotopic (exact) mass is 592 g/mol. The van der Waals surface area contributed by atoms with Crippen molar-refractivity contribution in [2.24, 2.45) is 0 Å². The van der Waals surface area contributed by atoms with Crippen molar-refractivity contribution in [1.29, 1.82) is 0 Å². The average Bonchev–Trinajstić information content (AvgIpc) is 3.25. The number of rotatable bonds is 6. The summed E-state index contributed by atoms with van der Waals surface area (Å²) in [5.74, 6) is 0.652. The van der Waals surface area contributed by atoms with Gasteiger partial charge in [0.1, 0.15) is 11.6 Å². The number of nitrogens with zero attached hydrogens (tertiary/aromatic N) is 2. The molecular formula is C29H26Br2N2O2. The Morgan fingerprint density at radius 1 is 0.914 bits per heavy atom. The summed E-state index contributed by atoms with van der Waals surface area (Å²) >= 11 is 7.03. The van der Waals surface area contributed by atoms with Gasteiger partial charge in [0.05, 0.1) is 5.56 Å². The Kier molecular flexibility index (Phi) is 7.72. The summed E-state index contributed by atoms with van der Waals surface area (Å²) < 4.78 is 9.46. The number of imidazole rings is 1. The largest absolute Gasteiger partial charge is 0.422 e. The van der Waals surface area contributed by atoms with Crippen LogP contribution in [0.5, 0.6) is 0 Å². The zero-order chi connectivity index (χ0) is 25.0. The Morgan fingerprint density at radius 2 is 1.51 bits per heavy atom. The number of carbonyl (C=O) groups excluding carboxylic acids is 1. The minimum absolute atomic E-state index is 0.108. The highest BCUT2D eigenvalue weighted by atomic mass is 79.9. The van der Waals surface area contributed by atoms with Crippen LogP contribution in [-0.4, -0.2) is 15.5 Å². The predicted octanol–water partition coefficient (Wildman–Crippen LogP) is 8.11. The topological polar surface area (TPSA) is 44.1 Å². The molecule has 0 aliphatic heterocycles. The maximum Gasteiger partial charge on any atom is 0.344 e. The highest BCUT2D eigenvalue weighted by molar-refractivity contribution is 9.10. The van der Waals surface area contributed by atoms with Crippen LogP contribution < -0.4 is 0 Å². The summed E-state index contributed by atoms with van der Waals surface area (Å²) in [6, 6.07) is 23.5. The molecule has 0 saturated carbocycles. The molecule has 0 bridgehead atoms. The number of hydrogen-bond acceptors (Lipinski definition) is 3. The van der Waals surface area contributed by atoms with E-state index in [4.69, 9.17) is 4.74 Å². The first-order valence-corrected chi connectivity index (χ1v) is 12.8. The maximum atomic E-state index is 13.0. The van der Waals surface area contributed by atoms with Crippen molar-refractivity contribution < 1.29 is 9.53 Å². The van der Waals surface area contributed by atoms with Crippen LogP contribution in [0.2, 0.25) is 0 Å². The zero-order valence-electron chi connectivity index (χ0n) is 19.8. The molecule has 4 rings (SSSR count). The first kappa shape index (κ1) is 25.1. The van der Waals surface area contributed by atoms with Gasteiger partial charge < -0.3 is 9.30 Å². The van der Waals surface area contributed by atoms with Gasteiger partial charge in [-0.05, 0) is 50.7 Å². The van der Waals surface area contributed by atoms with Gasteiger partial charge in [0.25, 0.3) is 0 Å². The third kappa shape index (κ3) is 6.19. The Bertz CT molecular complexity index is 1370. The number of carbonyl (C=O) groups is 1. The Morgan fingerprint density at radius 3 is 2.11 bits per heavy atom. The van der Waals surface area contributed by atoms with E-state index in [1.54, 1.807) is 24.4 Å². The standard InChI is InChI=1S/C29H26Br2N2O2/c1-29(2,3)21-14-12-20(13-15-21)19-33-17-16-32-27(33)18-26(22-8-4-6-10-24(22)30)35-28(34)23-9-5-7-11-25(23)31/h4-18H,19H2,1-3H3/b26-18+. The van der Waals surface area contributed by atoms with Crippen LogP contribution in [0.15, 0.2) is 94.1 Å². The van der Waals surface area contributed by atoms with Crippen molar-refractivity contribution in [3.05, 3.63) is 122 Å². The molecule has 6 heteroatoms. The number of ether oxygens (including phenoxy) is 1. The Hall–Kier alpha value is -2.96. The predicted molar refractivity (Wildman–Crippen MR) is 148 cm³/mol. The molecule has 0 fully saturated rings. The molecule has 0 aliphatic rings. The van der Waals surface area contributed by atoms with Gasteiger partial charge in [-0.2, -0.15) is 0 Å². The minimum Gasteiger partial charge on any atom is -0.422 e. The molecule has 0 radical (unpaired) electrons. The highest BCUT2D eigenvalue weighted by Crippen LogP contribution is 2.29. The van der Waals surface area contributed by atoms with E-state index < -0.39 is 5.97 Å². The van der Waals surface area contributed by atoms with Crippen molar-refractivity contribution in [3.8, 4) is 0 Å². The molecule has 0 amide bonds. The lowest BCUT2D eigenvalue weighted by Gasteiger charge is -2.19. The van der Waals surface area contributed by atoms with Crippen molar-refractivity contribution >= 4 is 49.7 Å². The van der Waals surface area contributed by atoms with E-state index in [2.05, 4.69) is 81.9 Å². The van der Waals surface area contributed by atoms with Crippen LogP contribution in [0.3, 0.4) is 0 Å². The van der Waals surface area contributed by atoms with Gasteiger partial charge in [-0.3, -0.25) is 0 Å². The molecule has 0 spiro atoms. The fourth-order valence-electron chi connectivity index (χ4n) is 3.62. The lowest BCUT2D eigenvalue weighted by atomic mass is 9.87. The number of esters is 1. The normalized spacial score (nSPS) is 12.0. The van der Waals surface area contributed by atoms with Gasteiger partial charge in [-0.1, -0.05) is 91.3 Å². The summed E-state index contributed by atoms with van der Waals surface area (Å²) in [6.07, 6.45) is 5.48. The molecule has 0 aliphatic carbocycles. The Labute approximate surface area is 222 Å². The van der Waals surface area contributed by atoms with Crippen molar-refractivity contribution in [1.82, 2.24) is 9.55 Å². The molecule has 4 nitrogen and oxygen atoms in total. The molecule has 1 heterocycles. The third-order valence-electron chi connectivity index (χ3n) is 5.62. The SMILES string of the molecule is CC(C)(C)c1ccc(Cn2ccnc2/C=C(/OC(=O)c2ccccc2Br)c2ccccc2Br)cc1. The molecule has 0 N–H and O–H groups in total. The smallest absolute Gasteiger partial charge is 0.344 e. The van der Waals surface area contributed by atoms with E-state index in [-0.39, 0.29) is 5.41 Å². The van der Waals surface area contributed by atoms with Crippen LogP contribution >= 0.6 is 31.9 Å². The van der Waals surface area contributed by atoms with Crippen LogP contribution in [0.25, 0.3) is 11.8 Å². The van der Waals surface area contributed by atoms with Crippen molar-refractivity contribution in [2.45, 2.75) is 32.7 Å². The summed E-state index contributed by atoms with van der Waals surface area (Å²) in [5, 5.41) is 0. The van der Waals surface area contributed by atoms with Gasteiger partial charge in [0.2, 0.25) is 0 Å². The second kappa shape index (κ2) is 10.8. The van der Waals surface area contributed by atoms with Crippen LogP contribution in [0.4, 0.5) is 0 Å². The van der Waals surface area contributed by atoms with Gasteiger partial charge in [-0.15, -0.1) is 0 Å². The highest BCUT2D eigenvalue weighted by Gasteiger charge is 2.18. The molecular weight excluding hydrogens is 568 g/mol. The van der Waals surface area contributed by atoms with Crippen molar-refractivity contribution in [2.75, 3.05) is 0 Å². The minimum atomic E-state index is -0.449. The zero-order valence-corrected chi connectivity index (χ0v) is 23.0. The van der Waals surface area contributed by atoms with Gasteiger partial charge in [-0.25, -0.2) is 9.78 Å². The fourth-order valence-corrected chi connectivity index (χ4v) is 4.55. The van der Waals surface area contributed by atoms with Crippen LogP contribution in [0.1, 0.15) is 53.6 Å². The van der Waals surface area contributed by atoms with E-state index in [0.29, 0.717) is 28.2 Å². The van der Waals surface area contributed by atoms with E-state index in [0.717, 1.165) is 10.0 Å². The molecule has 178 valence electrons.